The van der Waals surface area contributed by atoms with Crippen molar-refractivity contribution in [3.8, 4) is 17.0 Å². The lowest BCUT2D eigenvalue weighted by atomic mass is 10.0. The molecular weight excluding hydrogens is 446 g/mol. The lowest BCUT2D eigenvalue weighted by Gasteiger charge is -2.34. The van der Waals surface area contributed by atoms with Crippen LogP contribution in [0.3, 0.4) is 0 Å². The number of aromatic nitrogens is 1. The summed E-state index contributed by atoms with van der Waals surface area (Å²) >= 11 is 0. The molecule has 0 N–H and O–H groups in total. The van der Waals surface area contributed by atoms with E-state index < -0.39 is 0 Å². The van der Waals surface area contributed by atoms with Crippen LogP contribution in [0.15, 0.2) is 91.0 Å². The Kier molecular flexibility index (Phi) is 7.39. The van der Waals surface area contributed by atoms with Crippen molar-refractivity contribution in [2.75, 3.05) is 39.3 Å². The average Bonchev–Trinajstić information content (AvgIpc) is 2.94. The smallest absolute Gasteiger partial charge is 0.254 e. The van der Waals surface area contributed by atoms with Gasteiger partial charge in [-0.1, -0.05) is 60.7 Å². The van der Waals surface area contributed by atoms with Crippen LogP contribution < -0.4 is 4.74 Å². The molecule has 4 aromatic rings. The molecule has 5 nitrogen and oxygen atoms in total. The van der Waals surface area contributed by atoms with E-state index in [0.717, 1.165) is 47.5 Å². The Bertz CT molecular complexity index is 1340. The summed E-state index contributed by atoms with van der Waals surface area (Å²) in [5, 5.41) is 0.894. The second-order valence-electron chi connectivity index (χ2n) is 8.94. The van der Waals surface area contributed by atoms with Crippen LogP contribution in [-0.4, -0.2) is 60.0 Å². The number of para-hydroxylation sites is 1. The van der Waals surface area contributed by atoms with Crippen molar-refractivity contribution in [3.05, 3.63) is 102 Å². The molecule has 0 unspecified atom stereocenters. The third-order valence-electron chi connectivity index (χ3n) is 6.54. The number of pyridine rings is 1. The molecule has 0 saturated carbocycles. The molecule has 0 spiro atoms. The number of ether oxygens (including phenoxy) is 1. The first-order chi connectivity index (χ1) is 17.7. The quantitative estimate of drug-likeness (QED) is 0.339. The zero-order chi connectivity index (χ0) is 24.7. The number of carbonyl (C=O) groups is 1. The monoisotopic (exact) mass is 477 g/mol. The van der Waals surface area contributed by atoms with Crippen molar-refractivity contribution < 1.29 is 9.53 Å². The van der Waals surface area contributed by atoms with E-state index in [2.05, 4.69) is 29.2 Å². The van der Waals surface area contributed by atoms with Gasteiger partial charge in [0, 0.05) is 43.7 Å². The summed E-state index contributed by atoms with van der Waals surface area (Å²) < 4.78 is 5.57. The van der Waals surface area contributed by atoms with E-state index in [4.69, 9.17) is 9.72 Å². The third-order valence-corrected chi connectivity index (χ3v) is 6.54. The number of hydrogen-bond donors (Lipinski definition) is 0. The van der Waals surface area contributed by atoms with E-state index >= 15 is 0 Å². The second kappa shape index (κ2) is 11.2. The summed E-state index contributed by atoms with van der Waals surface area (Å²) in [4.78, 5) is 22.9. The summed E-state index contributed by atoms with van der Waals surface area (Å²) in [5.74, 6) is 0.898. The van der Waals surface area contributed by atoms with Crippen molar-refractivity contribution in [1.82, 2.24) is 14.8 Å². The molecule has 1 aromatic heterocycles. The van der Waals surface area contributed by atoms with Gasteiger partial charge in [-0.3, -0.25) is 9.69 Å². The van der Waals surface area contributed by atoms with Gasteiger partial charge >= 0.3 is 0 Å². The van der Waals surface area contributed by atoms with Gasteiger partial charge in [-0.15, -0.1) is 0 Å². The molecule has 5 heteroatoms. The lowest BCUT2D eigenvalue weighted by molar-refractivity contribution is 0.0652. The fourth-order valence-corrected chi connectivity index (χ4v) is 4.59. The van der Waals surface area contributed by atoms with Crippen LogP contribution in [0.5, 0.6) is 5.75 Å². The number of fused-ring (bicyclic) bond motifs is 1. The van der Waals surface area contributed by atoms with Crippen molar-refractivity contribution >= 4 is 22.9 Å². The predicted molar refractivity (Wildman–Crippen MR) is 146 cm³/mol. The number of piperazine rings is 1. The minimum Gasteiger partial charge on any atom is -0.494 e. The Morgan fingerprint density at radius 3 is 2.39 bits per heavy atom. The molecule has 3 aromatic carbocycles. The zero-order valence-electron chi connectivity index (χ0n) is 20.6. The number of nitrogens with zero attached hydrogens (tertiary/aromatic N) is 3. The molecule has 0 atom stereocenters. The standard InChI is InChI=1S/C31H31N3O2/c1-2-36-26-16-14-25(15-17-26)30-23-28(27-12-6-7-13-29(27)32-30)31(35)34-21-19-33(20-22-34)18-8-11-24-9-4-3-5-10-24/h3-17,23H,2,18-22H2,1H3/b11-8-. The van der Waals surface area contributed by atoms with Gasteiger partial charge in [-0.25, -0.2) is 4.98 Å². The number of rotatable bonds is 7. The van der Waals surface area contributed by atoms with Crippen LogP contribution >= 0.6 is 0 Å². The molecule has 36 heavy (non-hydrogen) atoms. The fourth-order valence-electron chi connectivity index (χ4n) is 4.59. The largest absolute Gasteiger partial charge is 0.494 e. The second-order valence-corrected chi connectivity index (χ2v) is 8.94. The van der Waals surface area contributed by atoms with Crippen molar-refractivity contribution in [2.45, 2.75) is 6.92 Å². The van der Waals surface area contributed by atoms with Gasteiger partial charge in [0.15, 0.2) is 0 Å². The molecule has 1 aliphatic heterocycles. The highest BCUT2D eigenvalue weighted by molar-refractivity contribution is 6.07. The summed E-state index contributed by atoms with van der Waals surface area (Å²) in [6.45, 7) is 6.64. The molecule has 0 aliphatic carbocycles. The summed E-state index contributed by atoms with van der Waals surface area (Å²) in [7, 11) is 0. The Hall–Kier alpha value is -3.96. The van der Waals surface area contributed by atoms with Crippen LogP contribution in [0, 0.1) is 0 Å². The minimum atomic E-state index is 0.0697. The maximum absolute atomic E-state index is 13.7. The van der Waals surface area contributed by atoms with E-state index in [1.165, 1.54) is 5.56 Å². The van der Waals surface area contributed by atoms with Crippen LogP contribution in [0.25, 0.3) is 28.2 Å². The van der Waals surface area contributed by atoms with Gasteiger partial charge in [0.1, 0.15) is 5.75 Å². The van der Waals surface area contributed by atoms with E-state index in [-0.39, 0.29) is 5.91 Å². The Morgan fingerprint density at radius 1 is 0.917 bits per heavy atom. The molecular formula is C31H31N3O2. The van der Waals surface area contributed by atoms with Gasteiger partial charge in [0.2, 0.25) is 0 Å². The number of amides is 1. The molecule has 5 rings (SSSR count). The van der Waals surface area contributed by atoms with E-state index in [9.17, 15) is 4.79 Å². The van der Waals surface area contributed by atoms with Crippen LogP contribution in [-0.2, 0) is 0 Å². The van der Waals surface area contributed by atoms with Crippen molar-refractivity contribution in [3.63, 3.8) is 0 Å². The molecule has 1 aliphatic rings. The van der Waals surface area contributed by atoms with Gasteiger partial charge in [0.05, 0.1) is 23.4 Å². The molecule has 182 valence electrons. The van der Waals surface area contributed by atoms with E-state index in [1.54, 1.807) is 0 Å². The highest BCUT2D eigenvalue weighted by atomic mass is 16.5. The van der Waals surface area contributed by atoms with Crippen LogP contribution in [0.1, 0.15) is 22.8 Å². The van der Waals surface area contributed by atoms with E-state index in [1.807, 2.05) is 84.6 Å². The molecule has 0 radical (unpaired) electrons. The van der Waals surface area contributed by atoms with Crippen LogP contribution in [0.4, 0.5) is 0 Å². The Morgan fingerprint density at radius 2 is 1.64 bits per heavy atom. The summed E-state index contributed by atoms with van der Waals surface area (Å²) in [5.41, 5.74) is 4.51. The van der Waals surface area contributed by atoms with Gasteiger partial charge in [-0.05, 0) is 48.9 Å². The number of carbonyl (C=O) groups excluding carboxylic acids is 1. The first-order valence-corrected chi connectivity index (χ1v) is 12.6. The van der Waals surface area contributed by atoms with E-state index in [0.29, 0.717) is 25.3 Å². The van der Waals surface area contributed by atoms with Gasteiger partial charge in [-0.2, -0.15) is 0 Å². The molecule has 0 bridgehead atoms. The lowest BCUT2D eigenvalue weighted by Crippen LogP contribution is -2.48. The first kappa shape index (κ1) is 23.8. The molecule has 1 fully saturated rings. The maximum Gasteiger partial charge on any atom is 0.254 e. The Balaban J connectivity index is 1.31. The topological polar surface area (TPSA) is 45.7 Å². The summed E-state index contributed by atoms with van der Waals surface area (Å²) in [6.07, 6.45) is 4.36. The highest BCUT2D eigenvalue weighted by Crippen LogP contribution is 2.27. The third kappa shape index (κ3) is 5.47. The highest BCUT2D eigenvalue weighted by Gasteiger charge is 2.24. The molecule has 1 saturated heterocycles. The van der Waals surface area contributed by atoms with Gasteiger partial charge in [0.25, 0.3) is 5.91 Å². The number of hydrogen-bond acceptors (Lipinski definition) is 4. The molecule has 1 amide bonds. The van der Waals surface area contributed by atoms with Crippen molar-refractivity contribution in [1.29, 1.82) is 0 Å². The van der Waals surface area contributed by atoms with Gasteiger partial charge < -0.3 is 9.64 Å². The van der Waals surface area contributed by atoms with Crippen molar-refractivity contribution in [2.24, 2.45) is 0 Å². The predicted octanol–water partition coefficient (Wildman–Crippen LogP) is 5.77. The molecule has 2 heterocycles. The SMILES string of the molecule is CCOc1ccc(-c2cc(C(=O)N3CCN(C/C=C\c4ccccc4)CC3)c3ccccc3n2)cc1. The number of benzene rings is 3. The summed E-state index contributed by atoms with van der Waals surface area (Å²) in [6, 6.07) is 28.1. The zero-order valence-corrected chi connectivity index (χ0v) is 20.6. The van der Waals surface area contributed by atoms with Crippen LogP contribution in [0.2, 0.25) is 0 Å². The fraction of sp³-hybridized carbons (Fsp3) is 0.226. The normalized spacial score (nSPS) is 14.4. The Labute approximate surface area is 212 Å². The average molecular weight is 478 g/mol. The maximum atomic E-state index is 13.7. The first-order valence-electron chi connectivity index (χ1n) is 12.6. The minimum absolute atomic E-state index is 0.0697.